The van der Waals surface area contributed by atoms with Gasteiger partial charge in [-0.15, -0.1) is 0 Å². The summed E-state index contributed by atoms with van der Waals surface area (Å²) in [6, 6.07) is 11.7. The molecule has 110 valence electrons. The van der Waals surface area contributed by atoms with Crippen LogP contribution in [-0.4, -0.2) is 19.1 Å². The summed E-state index contributed by atoms with van der Waals surface area (Å²) in [4.78, 5) is 12.2. The minimum Gasteiger partial charge on any atom is -0.490 e. The van der Waals surface area contributed by atoms with Crippen LogP contribution in [0.3, 0.4) is 0 Å². The van der Waals surface area contributed by atoms with Gasteiger partial charge in [0.25, 0.3) is 5.91 Å². The molecule has 0 spiro atoms. The van der Waals surface area contributed by atoms with Crippen molar-refractivity contribution >= 4 is 11.6 Å². The van der Waals surface area contributed by atoms with Gasteiger partial charge in [-0.1, -0.05) is 24.3 Å². The Morgan fingerprint density at radius 3 is 2.76 bits per heavy atom. The molecule has 2 rings (SSSR count). The van der Waals surface area contributed by atoms with Crippen molar-refractivity contribution in [3.05, 3.63) is 59.4 Å². The maximum absolute atomic E-state index is 13.9. The Morgan fingerprint density at radius 2 is 2.00 bits per heavy atom. The number of rotatable bonds is 5. The lowest BCUT2D eigenvalue weighted by Gasteiger charge is -2.12. The van der Waals surface area contributed by atoms with E-state index in [1.807, 2.05) is 0 Å². The highest BCUT2D eigenvalue weighted by Gasteiger charge is 2.14. The van der Waals surface area contributed by atoms with Gasteiger partial charge in [0.15, 0.2) is 0 Å². The van der Waals surface area contributed by atoms with Gasteiger partial charge < -0.3 is 15.8 Å². The van der Waals surface area contributed by atoms with E-state index >= 15 is 0 Å². The van der Waals surface area contributed by atoms with Crippen molar-refractivity contribution in [1.82, 2.24) is 0 Å². The molecule has 0 radical (unpaired) electrons. The van der Waals surface area contributed by atoms with Crippen LogP contribution in [0.25, 0.3) is 0 Å². The third-order valence-corrected chi connectivity index (χ3v) is 2.95. The van der Waals surface area contributed by atoms with Crippen LogP contribution in [0.4, 0.5) is 10.1 Å². The second-order valence-corrected chi connectivity index (χ2v) is 4.52. The summed E-state index contributed by atoms with van der Waals surface area (Å²) in [5.74, 6) is -0.528. The highest BCUT2D eigenvalue weighted by molar-refractivity contribution is 6.05. The smallest absolute Gasteiger partial charge is 0.258 e. The predicted octanol–water partition coefficient (Wildman–Crippen LogP) is 2.72. The van der Waals surface area contributed by atoms with Crippen molar-refractivity contribution in [3.8, 4) is 5.75 Å². The molecule has 0 atom stereocenters. The van der Waals surface area contributed by atoms with E-state index in [9.17, 15) is 9.18 Å². The number of nitrogens with one attached hydrogen (secondary N) is 1. The topological polar surface area (TPSA) is 64.3 Å². The number of carbonyl (C=O) groups is 1. The summed E-state index contributed by atoms with van der Waals surface area (Å²) in [6.07, 6.45) is 0. The number of halogens is 1. The average molecular weight is 288 g/mol. The van der Waals surface area contributed by atoms with E-state index in [0.717, 1.165) is 0 Å². The minimum atomic E-state index is -0.518. The molecule has 5 heteroatoms. The lowest BCUT2D eigenvalue weighted by Crippen LogP contribution is -2.16. The number of ether oxygens (including phenoxy) is 1. The van der Waals surface area contributed by atoms with E-state index in [4.69, 9.17) is 10.5 Å². The van der Waals surface area contributed by atoms with Crippen molar-refractivity contribution in [3.63, 3.8) is 0 Å². The molecule has 0 saturated carbocycles. The van der Waals surface area contributed by atoms with E-state index in [-0.39, 0.29) is 5.56 Å². The van der Waals surface area contributed by atoms with Gasteiger partial charge in [0.2, 0.25) is 0 Å². The Morgan fingerprint density at radius 1 is 1.24 bits per heavy atom. The van der Waals surface area contributed by atoms with Crippen LogP contribution >= 0.6 is 0 Å². The molecular weight excluding hydrogens is 271 g/mol. The van der Waals surface area contributed by atoms with Gasteiger partial charge in [-0.25, -0.2) is 4.39 Å². The summed E-state index contributed by atoms with van der Waals surface area (Å²) >= 11 is 0. The zero-order chi connectivity index (χ0) is 15.2. The van der Waals surface area contributed by atoms with Crippen molar-refractivity contribution in [2.45, 2.75) is 6.92 Å². The van der Waals surface area contributed by atoms with E-state index in [1.54, 1.807) is 43.3 Å². The molecule has 21 heavy (non-hydrogen) atoms. The molecule has 0 aliphatic heterocycles. The predicted molar refractivity (Wildman–Crippen MR) is 80.1 cm³/mol. The Balaban J connectivity index is 2.22. The summed E-state index contributed by atoms with van der Waals surface area (Å²) < 4.78 is 19.4. The number of carbonyl (C=O) groups excluding carboxylic acids is 1. The fourth-order valence-electron chi connectivity index (χ4n) is 1.88. The standard InChI is InChI=1S/C16H17FN2O2/c1-11-5-4-6-12(15(11)17)16(20)19-13-7-2-3-8-14(13)21-10-9-18/h2-8H,9-10,18H2,1H3,(H,19,20). The van der Waals surface area contributed by atoms with E-state index in [0.29, 0.717) is 30.2 Å². The van der Waals surface area contributed by atoms with Crippen LogP contribution in [-0.2, 0) is 0 Å². The number of hydrogen-bond donors (Lipinski definition) is 2. The van der Waals surface area contributed by atoms with Gasteiger partial charge in [-0.3, -0.25) is 4.79 Å². The van der Waals surface area contributed by atoms with Crippen LogP contribution < -0.4 is 15.8 Å². The molecule has 0 aliphatic rings. The largest absolute Gasteiger partial charge is 0.490 e. The first-order chi connectivity index (χ1) is 10.1. The van der Waals surface area contributed by atoms with Crippen LogP contribution in [0.5, 0.6) is 5.75 Å². The summed E-state index contributed by atoms with van der Waals surface area (Å²) in [6.45, 7) is 2.32. The molecule has 4 nitrogen and oxygen atoms in total. The normalized spacial score (nSPS) is 10.2. The van der Waals surface area contributed by atoms with Gasteiger partial charge in [0.05, 0.1) is 11.3 Å². The van der Waals surface area contributed by atoms with Gasteiger partial charge in [-0.2, -0.15) is 0 Å². The number of hydrogen-bond acceptors (Lipinski definition) is 3. The molecule has 0 aromatic heterocycles. The zero-order valence-corrected chi connectivity index (χ0v) is 11.7. The van der Waals surface area contributed by atoms with E-state index in [1.165, 1.54) is 6.07 Å². The number of anilines is 1. The van der Waals surface area contributed by atoms with Crippen LogP contribution in [0.2, 0.25) is 0 Å². The first-order valence-electron chi connectivity index (χ1n) is 6.62. The first-order valence-corrected chi connectivity index (χ1v) is 6.62. The SMILES string of the molecule is Cc1cccc(C(=O)Nc2ccccc2OCCN)c1F. The number of aryl methyl sites for hydroxylation is 1. The molecule has 2 aromatic carbocycles. The number of para-hydroxylation sites is 2. The first kappa shape index (κ1) is 15.0. The highest BCUT2D eigenvalue weighted by atomic mass is 19.1. The number of benzene rings is 2. The fraction of sp³-hybridized carbons (Fsp3) is 0.188. The van der Waals surface area contributed by atoms with Crippen molar-refractivity contribution in [2.24, 2.45) is 5.73 Å². The lowest BCUT2D eigenvalue weighted by molar-refractivity contribution is 0.102. The maximum atomic E-state index is 13.9. The summed E-state index contributed by atoms with van der Waals surface area (Å²) in [5.41, 5.74) is 6.31. The Kier molecular flexibility index (Phi) is 4.90. The van der Waals surface area contributed by atoms with Crippen LogP contribution in [0.15, 0.2) is 42.5 Å². The quantitative estimate of drug-likeness (QED) is 0.889. The average Bonchev–Trinajstić information content (AvgIpc) is 2.49. The minimum absolute atomic E-state index is 0.00336. The van der Waals surface area contributed by atoms with Crippen molar-refractivity contribution in [1.29, 1.82) is 0 Å². The molecule has 0 bridgehead atoms. The number of amides is 1. The molecule has 0 unspecified atom stereocenters. The molecule has 3 N–H and O–H groups in total. The number of nitrogens with two attached hydrogens (primary N) is 1. The molecule has 0 heterocycles. The summed E-state index contributed by atoms with van der Waals surface area (Å²) in [5, 5.41) is 2.66. The Hall–Kier alpha value is -2.40. The van der Waals surface area contributed by atoms with Crippen molar-refractivity contribution < 1.29 is 13.9 Å². The van der Waals surface area contributed by atoms with Gasteiger partial charge in [0.1, 0.15) is 18.2 Å². The van der Waals surface area contributed by atoms with Gasteiger partial charge in [0, 0.05) is 6.54 Å². The maximum Gasteiger partial charge on any atom is 0.258 e. The molecule has 0 aliphatic carbocycles. The van der Waals surface area contributed by atoms with Gasteiger partial charge >= 0.3 is 0 Å². The lowest BCUT2D eigenvalue weighted by atomic mass is 10.1. The highest BCUT2D eigenvalue weighted by Crippen LogP contribution is 2.24. The third-order valence-electron chi connectivity index (χ3n) is 2.95. The molecule has 2 aromatic rings. The summed E-state index contributed by atoms with van der Waals surface area (Å²) in [7, 11) is 0. The van der Waals surface area contributed by atoms with E-state index < -0.39 is 11.7 Å². The second-order valence-electron chi connectivity index (χ2n) is 4.52. The Labute approximate surface area is 122 Å². The fourth-order valence-corrected chi connectivity index (χ4v) is 1.88. The Bertz CT molecular complexity index is 644. The van der Waals surface area contributed by atoms with Crippen LogP contribution in [0.1, 0.15) is 15.9 Å². The zero-order valence-electron chi connectivity index (χ0n) is 11.7. The van der Waals surface area contributed by atoms with Gasteiger partial charge in [-0.05, 0) is 30.7 Å². The van der Waals surface area contributed by atoms with Crippen LogP contribution in [0, 0.1) is 12.7 Å². The second kappa shape index (κ2) is 6.85. The van der Waals surface area contributed by atoms with Crippen molar-refractivity contribution in [2.75, 3.05) is 18.5 Å². The molecular formula is C16H17FN2O2. The third kappa shape index (κ3) is 3.58. The molecule has 1 amide bonds. The van der Waals surface area contributed by atoms with E-state index in [2.05, 4.69) is 5.32 Å². The molecule has 0 saturated heterocycles. The molecule has 0 fully saturated rings. The monoisotopic (exact) mass is 288 g/mol.